The summed E-state index contributed by atoms with van der Waals surface area (Å²) >= 11 is 0. The van der Waals surface area contributed by atoms with Crippen molar-refractivity contribution in [1.82, 2.24) is 4.90 Å². The smallest absolute Gasteiger partial charge is 0.00411 e. The van der Waals surface area contributed by atoms with Crippen molar-refractivity contribution < 1.29 is 18.8 Å². The minimum Gasteiger partial charge on any atom is -0.299 e. The Bertz CT molecular complexity index is 70.5. The molecule has 0 spiro atoms. The summed E-state index contributed by atoms with van der Waals surface area (Å²) in [4.78, 5) is 2.46. The number of hydrogen-bond acceptors (Lipinski definition) is 1. The van der Waals surface area contributed by atoms with Crippen LogP contribution in [-0.2, 0) is 0 Å². The lowest BCUT2D eigenvalue weighted by Gasteiger charge is -2.28. The maximum absolute atomic E-state index is 2.46. The molecule has 0 amide bonds. The molecule has 0 fully saturated rings. The van der Waals surface area contributed by atoms with E-state index in [-0.39, 0.29) is 18.8 Å². The maximum Gasteiger partial charge on any atom is 0.00411 e. The highest BCUT2D eigenvalue weighted by molar-refractivity contribution is 4.64. The lowest BCUT2D eigenvalue weighted by atomic mass is 10.2. The van der Waals surface area contributed by atoms with E-state index >= 15 is 0 Å². The van der Waals surface area contributed by atoms with Crippen molar-refractivity contribution in [1.29, 1.82) is 0 Å². The van der Waals surface area contributed by atoms with E-state index < -0.39 is 0 Å². The van der Waals surface area contributed by atoms with Crippen molar-refractivity contribution in [2.24, 2.45) is 0 Å². The first-order valence-electron chi connectivity index (χ1n) is 3.85. The van der Waals surface area contributed by atoms with Crippen molar-refractivity contribution in [3.8, 4) is 0 Å². The number of halogens is 4. The number of nitrogens with zero attached hydrogens (tertiary/aromatic N) is 1. The molecular weight excluding hydrogens is 186 g/mol. The molecule has 5 heteroatoms. The van der Waals surface area contributed by atoms with Crippen LogP contribution in [0.3, 0.4) is 0 Å². The van der Waals surface area contributed by atoms with Gasteiger partial charge in [-0.1, -0.05) is 6.92 Å². The SMILES string of the molecule is CCN(C(C)C)C(C)C.F.F.F.F. The van der Waals surface area contributed by atoms with Gasteiger partial charge in [-0.05, 0) is 34.2 Å². The second-order valence-electron chi connectivity index (χ2n) is 3.02. The van der Waals surface area contributed by atoms with Crippen LogP contribution in [0.2, 0.25) is 0 Å². The van der Waals surface area contributed by atoms with Gasteiger partial charge in [0.1, 0.15) is 0 Å². The number of rotatable bonds is 3. The molecule has 0 aromatic carbocycles. The molecule has 1 nitrogen and oxygen atoms in total. The Kier molecular flexibility index (Phi) is 32.1. The van der Waals surface area contributed by atoms with E-state index in [0.29, 0.717) is 12.1 Å². The third-order valence-electron chi connectivity index (χ3n) is 1.69. The molecule has 0 aliphatic carbocycles. The van der Waals surface area contributed by atoms with Crippen molar-refractivity contribution in [3.05, 3.63) is 0 Å². The Morgan fingerprint density at radius 1 is 0.769 bits per heavy atom. The summed E-state index contributed by atoms with van der Waals surface area (Å²) in [7, 11) is 0. The summed E-state index contributed by atoms with van der Waals surface area (Å²) in [6.07, 6.45) is 0. The van der Waals surface area contributed by atoms with Crippen LogP contribution >= 0.6 is 0 Å². The van der Waals surface area contributed by atoms with Crippen molar-refractivity contribution >= 4 is 0 Å². The summed E-state index contributed by atoms with van der Waals surface area (Å²) in [5, 5.41) is 0. The Hall–Kier alpha value is -0.320. The molecule has 0 aliphatic heterocycles. The first-order chi connectivity index (χ1) is 4.09. The zero-order valence-corrected chi connectivity index (χ0v) is 8.94. The molecule has 0 radical (unpaired) electrons. The predicted octanol–water partition coefficient (Wildman–Crippen LogP) is 2.74. The Morgan fingerprint density at radius 3 is 1.00 bits per heavy atom. The highest BCUT2D eigenvalue weighted by Crippen LogP contribution is 2.02. The molecule has 0 bridgehead atoms. The van der Waals surface area contributed by atoms with Crippen molar-refractivity contribution in [3.63, 3.8) is 0 Å². The molecule has 0 aliphatic rings. The molecule has 0 heterocycles. The summed E-state index contributed by atoms with van der Waals surface area (Å²) in [5.41, 5.74) is 0. The van der Waals surface area contributed by atoms with E-state index in [4.69, 9.17) is 0 Å². The maximum atomic E-state index is 2.46. The molecular formula is C8H23F4N. The summed E-state index contributed by atoms with van der Waals surface area (Å²) in [5.74, 6) is 0. The van der Waals surface area contributed by atoms with E-state index in [1.54, 1.807) is 0 Å². The number of hydrogen-bond donors (Lipinski definition) is 0. The van der Waals surface area contributed by atoms with Gasteiger partial charge in [0.2, 0.25) is 0 Å². The Morgan fingerprint density at radius 2 is 1.00 bits per heavy atom. The third kappa shape index (κ3) is 11.7. The summed E-state index contributed by atoms with van der Waals surface area (Å²) in [6, 6.07) is 1.38. The first kappa shape index (κ1) is 29.3. The fraction of sp³-hybridized carbons (Fsp3) is 1.00. The van der Waals surface area contributed by atoms with Crippen LogP contribution in [0, 0.1) is 0 Å². The summed E-state index contributed by atoms with van der Waals surface area (Å²) < 4.78 is 0. The van der Waals surface area contributed by atoms with E-state index in [2.05, 4.69) is 39.5 Å². The van der Waals surface area contributed by atoms with Gasteiger partial charge >= 0.3 is 0 Å². The molecule has 0 saturated heterocycles. The fourth-order valence-corrected chi connectivity index (χ4v) is 1.33. The molecule has 0 unspecified atom stereocenters. The van der Waals surface area contributed by atoms with Gasteiger partial charge in [0, 0.05) is 12.1 Å². The van der Waals surface area contributed by atoms with Crippen LogP contribution in [0.5, 0.6) is 0 Å². The second-order valence-corrected chi connectivity index (χ2v) is 3.02. The van der Waals surface area contributed by atoms with Crippen LogP contribution in [-0.4, -0.2) is 23.5 Å². The zero-order valence-electron chi connectivity index (χ0n) is 8.94. The molecule has 88 valence electrons. The van der Waals surface area contributed by atoms with Crippen LogP contribution in [0.15, 0.2) is 0 Å². The van der Waals surface area contributed by atoms with Gasteiger partial charge in [-0.25, -0.2) is 0 Å². The minimum absolute atomic E-state index is 0. The van der Waals surface area contributed by atoms with Gasteiger partial charge in [0.15, 0.2) is 0 Å². The van der Waals surface area contributed by atoms with Crippen LogP contribution in [0.25, 0.3) is 0 Å². The van der Waals surface area contributed by atoms with Crippen LogP contribution in [0.1, 0.15) is 34.6 Å². The zero-order chi connectivity index (χ0) is 7.44. The van der Waals surface area contributed by atoms with Crippen molar-refractivity contribution in [2.45, 2.75) is 46.7 Å². The first-order valence-corrected chi connectivity index (χ1v) is 3.85. The molecule has 0 rings (SSSR count). The summed E-state index contributed by atoms with van der Waals surface area (Å²) in [6.45, 7) is 12.3. The standard InChI is InChI=1S/C8H19N.4FH/c1-6-9(7(2)3)8(4)5;;;;/h7-8H,6H2,1-5H3;4*1H. The molecule has 0 atom stereocenters. The van der Waals surface area contributed by atoms with Gasteiger partial charge in [0.05, 0.1) is 0 Å². The highest BCUT2D eigenvalue weighted by atomic mass is 19.0. The lowest BCUT2D eigenvalue weighted by molar-refractivity contribution is 0.185. The molecule has 0 N–H and O–H groups in total. The van der Waals surface area contributed by atoms with Gasteiger partial charge in [-0.2, -0.15) is 0 Å². The van der Waals surface area contributed by atoms with E-state index in [1.807, 2.05) is 0 Å². The molecule has 13 heavy (non-hydrogen) atoms. The van der Waals surface area contributed by atoms with Crippen LogP contribution in [0.4, 0.5) is 18.8 Å². The Balaban J connectivity index is -0.0000000533. The monoisotopic (exact) mass is 209 g/mol. The average Bonchev–Trinajstić information content (AvgIpc) is 1.64. The van der Waals surface area contributed by atoms with Crippen LogP contribution < -0.4 is 0 Å². The predicted molar refractivity (Wildman–Crippen MR) is 52.7 cm³/mol. The quantitative estimate of drug-likeness (QED) is 0.646. The highest BCUT2D eigenvalue weighted by Gasteiger charge is 2.08. The van der Waals surface area contributed by atoms with E-state index in [1.165, 1.54) is 0 Å². The molecule has 0 aromatic heterocycles. The molecule has 0 saturated carbocycles. The fourth-order valence-electron chi connectivity index (χ4n) is 1.33. The lowest BCUT2D eigenvalue weighted by Crippen LogP contribution is -2.36. The van der Waals surface area contributed by atoms with E-state index in [0.717, 1.165) is 6.54 Å². The second kappa shape index (κ2) is 14.2. The largest absolute Gasteiger partial charge is 0.299 e. The average molecular weight is 209 g/mol. The third-order valence-corrected chi connectivity index (χ3v) is 1.69. The van der Waals surface area contributed by atoms with Gasteiger partial charge in [-0.3, -0.25) is 23.7 Å². The van der Waals surface area contributed by atoms with Gasteiger partial charge in [0.25, 0.3) is 0 Å². The topological polar surface area (TPSA) is 3.24 Å². The molecule has 0 aromatic rings. The minimum atomic E-state index is 0. The normalized spacial score (nSPS) is 8.31. The van der Waals surface area contributed by atoms with Gasteiger partial charge < -0.3 is 0 Å². The van der Waals surface area contributed by atoms with Crippen molar-refractivity contribution in [2.75, 3.05) is 6.54 Å². The Labute approximate surface area is 78.0 Å². The van der Waals surface area contributed by atoms with E-state index in [9.17, 15) is 0 Å². The van der Waals surface area contributed by atoms with Gasteiger partial charge in [-0.15, -0.1) is 0 Å².